The van der Waals surface area contributed by atoms with Crippen molar-refractivity contribution >= 4 is 59.4 Å². The second-order valence-electron chi connectivity index (χ2n) is 12.9. The Morgan fingerprint density at radius 3 is 2.43 bits per heavy atom. The highest BCUT2D eigenvalue weighted by Gasteiger charge is 2.37. The first-order chi connectivity index (χ1) is 21.9. The number of aryl methyl sites for hydroxylation is 3. The van der Waals surface area contributed by atoms with Gasteiger partial charge in [-0.05, 0) is 62.2 Å². The fourth-order valence-electron chi connectivity index (χ4n) is 5.52. The number of para-hydroxylation sites is 2. The molecule has 15 heteroatoms. The molecule has 0 aliphatic heterocycles. The lowest BCUT2D eigenvalue weighted by Crippen LogP contribution is -2.41. The number of nitro benzene ring substituents is 1. The Bertz CT molecular complexity index is 1860. The summed E-state index contributed by atoms with van der Waals surface area (Å²) in [4.78, 5) is 24.4. The van der Waals surface area contributed by atoms with Crippen LogP contribution >= 0.6 is 11.6 Å². The molecule has 0 aliphatic carbocycles. The number of nitrogens with zero attached hydrogens (tertiary/aromatic N) is 5. The Balaban J connectivity index is 1.87. The summed E-state index contributed by atoms with van der Waals surface area (Å²) in [5, 5.41) is 17.6. The lowest BCUT2D eigenvalue weighted by molar-refractivity contribution is -0.384. The number of rotatable bonds is 12. The van der Waals surface area contributed by atoms with Crippen LogP contribution in [0.2, 0.25) is 23.2 Å². The van der Waals surface area contributed by atoms with Crippen LogP contribution < -0.4 is 4.31 Å². The molecule has 4 aromatic rings. The molecule has 0 bridgehead atoms. The molecule has 0 aliphatic rings. The molecule has 2 aromatic heterocycles. The topological polar surface area (TPSA) is 142 Å². The van der Waals surface area contributed by atoms with Crippen molar-refractivity contribution in [2.24, 2.45) is 7.05 Å². The average molecular weight is 704 g/mol. The number of aromatic nitrogens is 3. The van der Waals surface area contributed by atoms with Crippen molar-refractivity contribution in [2.75, 3.05) is 18.0 Å². The summed E-state index contributed by atoms with van der Waals surface area (Å²) in [5.74, 6) is -0.493. The number of methoxy groups -OCH3 is 1. The zero-order chi connectivity index (χ0) is 35.0. The lowest BCUT2D eigenvalue weighted by Gasteiger charge is -2.36. The quantitative estimate of drug-likeness (QED) is 0.0398. The SMILES string of the molecule is COC(=O)c1c(C)c2c(-c3c(CN(c4ccccc4[N+](=O)[O-])S(=O)O)nn(C)c3C)c(Cl)ccc2n1CCCO[Si](C)(C)C(C)(C)C. The van der Waals surface area contributed by atoms with E-state index in [4.69, 9.17) is 20.8 Å². The molecule has 47 heavy (non-hydrogen) atoms. The van der Waals surface area contributed by atoms with Gasteiger partial charge in [-0.25, -0.2) is 9.00 Å². The van der Waals surface area contributed by atoms with E-state index in [1.807, 2.05) is 24.5 Å². The molecular formula is C32H42ClN5O7SSi. The van der Waals surface area contributed by atoms with Gasteiger partial charge in [0.05, 0.1) is 24.3 Å². The van der Waals surface area contributed by atoms with Gasteiger partial charge in [-0.1, -0.05) is 44.5 Å². The maximum atomic E-state index is 13.2. The van der Waals surface area contributed by atoms with Gasteiger partial charge in [-0.3, -0.25) is 23.7 Å². The average Bonchev–Trinajstić information content (AvgIpc) is 3.44. The highest BCUT2D eigenvalue weighted by molar-refractivity contribution is 7.80. The van der Waals surface area contributed by atoms with Crippen LogP contribution in [0.4, 0.5) is 11.4 Å². The fraction of sp³-hybridized carbons (Fsp3) is 0.438. The highest BCUT2D eigenvalue weighted by atomic mass is 35.5. The van der Waals surface area contributed by atoms with Crippen molar-refractivity contribution in [1.29, 1.82) is 0 Å². The number of carbonyl (C=O) groups is 1. The smallest absolute Gasteiger partial charge is 0.354 e. The van der Waals surface area contributed by atoms with E-state index in [0.717, 1.165) is 9.82 Å². The largest absolute Gasteiger partial charge is 0.464 e. The van der Waals surface area contributed by atoms with Gasteiger partial charge in [-0.2, -0.15) is 5.10 Å². The molecule has 0 saturated heterocycles. The van der Waals surface area contributed by atoms with Crippen molar-refractivity contribution in [3.63, 3.8) is 0 Å². The van der Waals surface area contributed by atoms with Crippen molar-refractivity contribution in [2.45, 2.75) is 72.3 Å². The van der Waals surface area contributed by atoms with Crippen LogP contribution in [-0.2, 0) is 40.6 Å². The number of hydrogen-bond donors (Lipinski definition) is 1. The van der Waals surface area contributed by atoms with E-state index in [1.54, 1.807) is 23.9 Å². The number of benzene rings is 2. The number of esters is 1. The molecule has 12 nitrogen and oxygen atoms in total. The molecule has 1 unspecified atom stereocenters. The lowest BCUT2D eigenvalue weighted by atomic mass is 9.96. The highest BCUT2D eigenvalue weighted by Crippen LogP contribution is 2.43. The zero-order valence-corrected chi connectivity index (χ0v) is 30.8. The Labute approximate surface area is 283 Å². The maximum Gasteiger partial charge on any atom is 0.354 e. The van der Waals surface area contributed by atoms with Gasteiger partial charge >= 0.3 is 5.97 Å². The van der Waals surface area contributed by atoms with E-state index in [1.165, 1.54) is 25.3 Å². The Morgan fingerprint density at radius 1 is 1.17 bits per heavy atom. The first-order valence-electron chi connectivity index (χ1n) is 15.1. The molecule has 2 heterocycles. The third-order valence-electron chi connectivity index (χ3n) is 9.08. The molecule has 0 radical (unpaired) electrons. The second kappa shape index (κ2) is 13.9. The maximum absolute atomic E-state index is 13.2. The van der Waals surface area contributed by atoms with Crippen LogP contribution in [0.1, 0.15) is 54.6 Å². The molecule has 0 spiro atoms. The van der Waals surface area contributed by atoms with Crippen LogP contribution in [0.5, 0.6) is 0 Å². The Kier molecular flexibility index (Phi) is 10.7. The van der Waals surface area contributed by atoms with Crippen LogP contribution in [-0.4, -0.2) is 56.0 Å². The number of anilines is 1. The molecule has 0 amide bonds. The zero-order valence-electron chi connectivity index (χ0n) is 28.2. The van der Waals surface area contributed by atoms with Crippen LogP contribution in [0.3, 0.4) is 0 Å². The summed E-state index contributed by atoms with van der Waals surface area (Å²) < 4.78 is 39.2. The van der Waals surface area contributed by atoms with E-state index in [-0.39, 0.29) is 23.0 Å². The first kappa shape index (κ1) is 36.3. The number of hydrogen-bond acceptors (Lipinski definition) is 7. The van der Waals surface area contributed by atoms with Crippen LogP contribution in [0.15, 0.2) is 36.4 Å². The standard InChI is InChI=1S/C32H42ClN5O7SSi/c1-20-27-26(36(30(20)31(39)44-7)17-12-18-45-47(8,9)32(3,4)5)16-15-22(33)29(27)28-21(2)35(6)34-23(28)19-37(46(42)43)24-13-10-11-14-25(24)38(40)41/h10-11,13-16H,12,17-19H2,1-9H3,(H,42,43). The fourth-order valence-corrected chi connectivity index (χ4v) is 7.41. The first-order valence-corrected chi connectivity index (χ1v) is 19.5. The third kappa shape index (κ3) is 7.02. The van der Waals surface area contributed by atoms with Gasteiger partial charge in [0.25, 0.3) is 17.0 Å². The van der Waals surface area contributed by atoms with Gasteiger partial charge in [0.1, 0.15) is 11.4 Å². The van der Waals surface area contributed by atoms with Crippen molar-refractivity contribution in [1.82, 2.24) is 14.3 Å². The second-order valence-corrected chi connectivity index (χ2v) is 19.1. The van der Waals surface area contributed by atoms with Gasteiger partial charge in [0.15, 0.2) is 8.32 Å². The molecule has 1 N–H and O–H groups in total. The van der Waals surface area contributed by atoms with Gasteiger partial charge in [0.2, 0.25) is 0 Å². The summed E-state index contributed by atoms with van der Waals surface area (Å²) in [6, 6.07) is 9.35. The van der Waals surface area contributed by atoms with Crippen molar-refractivity contribution < 1.29 is 27.6 Å². The number of fused-ring (bicyclic) bond motifs is 1. The molecule has 0 saturated carbocycles. The minimum Gasteiger partial charge on any atom is -0.464 e. The van der Waals surface area contributed by atoms with Crippen LogP contribution in [0.25, 0.3) is 22.0 Å². The number of carbonyl (C=O) groups excluding carboxylic acids is 1. The van der Waals surface area contributed by atoms with Crippen LogP contribution in [0, 0.1) is 24.0 Å². The van der Waals surface area contributed by atoms with E-state index in [9.17, 15) is 23.7 Å². The Morgan fingerprint density at radius 2 is 1.83 bits per heavy atom. The molecule has 1 atom stereocenters. The summed E-state index contributed by atoms with van der Waals surface area (Å²) in [7, 11) is 1.11. The summed E-state index contributed by atoms with van der Waals surface area (Å²) >= 11 is 4.32. The van der Waals surface area contributed by atoms with Gasteiger partial charge < -0.3 is 13.7 Å². The predicted molar refractivity (Wildman–Crippen MR) is 188 cm³/mol. The molecule has 4 rings (SSSR count). The molecule has 0 fully saturated rings. The predicted octanol–water partition coefficient (Wildman–Crippen LogP) is 7.56. The molecule has 254 valence electrons. The number of nitro groups is 1. The van der Waals surface area contributed by atoms with Gasteiger partial charge in [0, 0.05) is 59.0 Å². The number of ether oxygens (including phenoxy) is 1. The third-order valence-corrected chi connectivity index (χ3v) is 14.6. The molecule has 2 aromatic carbocycles. The normalized spacial score (nSPS) is 12.8. The minimum atomic E-state index is -2.63. The van der Waals surface area contributed by atoms with Crippen molar-refractivity contribution in [3.05, 3.63) is 74.2 Å². The Hall–Kier alpha value is -3.56. The minimum absolute atomic E-state index is 0.0351. The van der Waals surface area contributed by atoms with Gasteiger partial charge in [-0.15, -0.1) is 0 Å². The van der Waals surface area contributed by atoms with E-state index < -0.39 is 30.5 Å². The monoisotopic (exact) mass is 703 g/mol. The van der Waals surface area contributed by atoms with Crippen molar-refractivity contribution in [3.8, 4) is 11.1 Å². The summed E-state index contributed by atoms with van der Waals surface area (Å²) in [6.45, 7) is 15.4. The number of halogens is 1. The summed E-state index contributed by atoms with van der Waals surface area (Å²) in [5.41, 5.74) is 3.70. The summed E-state index contributed by atoms with van der Waals surface area (Å²) in [6.07, 6.45) is 0.655. The van der Waals surface area contributed by atoms with E-state index in [0.29, 0.717) is 63.8 Å². The van der Waals surface area contributed by atoms with E-state index in [2.05, 4.69) is 39.0 Å². The van der Waals surface area contributed by atoms with E-state index >= 15 is 0 Å². The molecular weight excluding hydrogens is 662 g/mol.